The second-order valence-corrected chi connectivity index (χ2v) is 5.78. The van der Waals surface area contributed by atoms with Crippen molar-refractivity contribution in [2.45, 2.75) is 32.4 Å². The summed E-state index contributed by atoms with van der Waals surface area (Å²) in [5, 5.41) is 5.37. The molecule has 4 amide bonds. The first-order chi connectivity index (χ1) is 11.5. The molecular formula is C16H19N5O3. The summed E-state index contributed by atoms with van der Waals surface area (Å²) in [5.74, 6) is -0.604. The van der Waals surface area contributed by atoms with Crippen molar-refractivity contribution in [3.8, 4) is 0 Å². The average Bonchev–Trinajstić information content (AvgIpc) is 2.89. The fraction of sp³-hybridized carbons (Fsp3) is 0.375. The molecule has 2 N–H and O–H groups in total. The Labute approximate surface area is 138 Å². The molecule has 0 aromatic carbocycles. The van der Waals surface area contributed by atoms with Crippen LogP contribution in [0.5, 0.6) is 0 Å². The third kappa shape index (κ3) is 2.94. The third-order valence-corrected chi connectivity index (χ3v) is 4.20. The lowest BCUT2D eigenvalue weighted by Gasteiger charge is -2.28. The Balaban J connectivity index is 1.62. The van der Waals surface area contributed by atoms with E-state index < -0.39 is 12.1 Å². The van der Waals surface area contributed by atoms with Crippen molar-refractivity contribution < 1.29 is 14.4 Å². The number of amides is 4. The fourth-order valence-corrected chi connectivity index (χ4v) is 2.80. The zero-order valence-electron chi connectivity index (χ0n) is 13.6. The molecular weight excluding hydrogens is 310 g/mol. The molecule has 1 unspecified atom stereocenters. The maximum atomic E-state index is 12.1. The normalized spacial score (nSPS) is 18.1. The van der Waals surface area contributed by atoms with Crippen molar-refractivity contribution in [2.24, 2.45) is 0 Å². The number of aromatic nitrogens is 2. The number of fused-ring (bicyclic) bond motifs is 1. The minimum atomic E-state index is -0.670. The number of nitrogens with zero attached hydrogens (tertiary/aromatic N) is 3. The summed E-state index contributed by atoms with van der Waals surface area (Å²) in [6.07, 6.45) is 2.46. The first kappa shape index (κ1) is 16.0. The van der Waals surface area contributed by atoms with Crippen LogP contribution in [-0.2, 0) is 16.1 Å². The molecule has 0 bridgehead atoms. The second kappa shape index (κ2) is 6.31. The monoisotopic (exact) mass is 329 g/mol. The predicted molar refractivity (Wildman–Crippen MR) is 86.1 cm³/mol. The van der Waals surface area contributed by atoms with Gasteiger partial charge in [0.05, 0.1) is 17.9 Å². The number of nitrogens with one attached hydrogen (secondary N) is 2. The van der Waals surface area contributed by atoms with E-state index in [2.05, 4.69) is 15.6 Å². The number of likely N-dealkylation sites (tertiary alicyclic amines) is 1. The number of hydrogen-bond acceptors (Lipinski definition) is 4. The van der Waals surface area contributed by atoms with Gasteiger partial charge in [-0.3, -0.25) is 14.5 Å². The average molecular weight is 329 g/mol. The van der Waals surface area contributed by atoms with Gasteiger partial charge in [-0.2, -0.15) is 0 Å². The fourth-order valence-electron chi connectivity index (χ4n) is 2.80. The Bertz CT molecular complexity index is 813. The largest absolute Gasteiger partial charge is 0.332 e. The van der Waals surface area contributed by atoms with Crippen LogP contribution in [0.2, 0.25) is 0 Å². The van der Waals surface area contributed by atoms with E-state index >= 15 is 0 Å². The van der Waals surface area contributed by atoms with Gasteiger partial charge in [0.2, 0.25) is 5.91 Å². The summed E-state index contributed by atoms with van der Waals surface area (Å²) in [6.45, 7) is 2.17. The molecule has 1 aliphatic rings. The number of hydrogen-bond donors (Lipinski definition) is 2. The van der Waals surface area contributed by atoms with Crippen LogP contribution in [-0.4, -0.2) is 45.2 Å². The Morgan fingerprint density at radius 3 is 2.96 bits per heavy atom. The molecule has 24 heavy (non-hydrogen) atoms. The van der Waals surface area contributed by atoms with Gasteiger partial charge in [-0.15, -0.1) is 0 Å². The SMILES string of the molecule is Cc1nc2ccccn2c1CNC(=O)NC1CCC(=O)N(C)C1=O. The number of imidazole rings is 1. The Kier molecular flexibility index (Phi) is 4.20. The number of likely N-dealkylation sites (N-methyl/N-ethyl adjacent to an activating group) is 1. The van der Waals surface area contributed by atoms with Crippen molar-refractivity contribution in [3.63, 3.8) is 0 Å². The molecule has 1 atom stereocenters. The summed E-state index contributed by atoms with van der Waals surface area (Å²) < 4.78 is 1.91. The number of carbonyl (C=O) groups is 3. The van der Waals surface area contributed by atoms with E-state index in [9.17, 15) is 14.4 Å². The first-order valence-electron chi connectivity index (χ1n) is 7.74. The van der Waals surface area contributed by atoms with Crippen molar-refractivity contribution in [3.05, 3.63) is 35.8 Å². The molecule has 3 heterocycles. The second-order valence-electron chi connectivity index (χ2n) is 5.78. The van der Waals surface area contributed by atoms with Crippen LogP contribution in [0, 0.1) is 6.92 Å². The number of urea groups is 1. The van der Waals surface area contributed by atoms with Gasteiger partial charge in [0.15, 0.2) is 0 Å². The van der Waals surface area contributed by atoms with Crippen LogP contribution >= 0.6 is 0 Å². The Hall–Kier alpha value is -2.90. The van der Waals surface area contributed by atoms with Crippen molar-refractivity contribution in [1.29, 1.82) is 0 Å². The highest BCUT2D eigenvalue weighted by atomic mass is 16.2. The molecule has 1 fully saturated rings. The van der Waals surface area contributed by atoms with Gasteiger partial charge in [-0.25, -0.2) is 9.78 Å². The standard InChI is InChI=1S/C16H19N5O3/c1-10-12(21-8-4-3-5-13(21)18-10)9-17-16(24)19-11-6-7-14(22)20(2)15(11)23/h3-5,8,11H,6-7,9H2,1-2H3,(H2,17,19,24). The third-order valence-electron chi connectivity index (χ3n) is 4.20. The van der Waals surface area contributed by atoms with Crippen LogP contribution in [0.1, 0.15) is 24.2 Å². The van der Waals surface area contributed by atoms with Crippen LogP contribution < -0.4 is 10.6 Å². The van der Waals surface area contributed by atoms with Crippen molar-refractivity contribution in [1.82, 2.24) is 24.9 Å². The zero-order valence-corrected chi connectivity index (χ0v) is 13.6. The Morgan fingerprint density at radius 2 is 2.17 bits per heavy atom. The number of rotatable bonds is 3. The molecule has 8 heteroatoms. The van der Waals surface area contributed by atoms with Gasteiger partial charge in [0.25, 0.3) is 5.91 Å². The lowest BCUT2D eigenvalue weighted by molar-refractivity contribution is -0.147. The predicted octanol–water partition coefficient (Wildman–Crippen LogP) is 0.589. The highest BCUT2D eigenvalue weighted by Crippen LogP contribution is 2.12. The van der Waals surface area contributed by atoms with E-state index in [1.165, 1.54) is 7.05 Å². The molecule has 1 saturated heterocycles. The number of pyridine rings is 1. The Morgan fingerprint density at radius 1 is 1.38 bits per heavy atom. The highest BCUT2D eigenvalue weighted by Gasteiger charge is 2.32. The molecule has 0 saturated carbocycles. The number of piperidine rings is 1. The van der Waals surface area contributed by atoms with Gasteiger partial charge in [0.1, 0.15) is 11.7 Å². The number of aryl methyl sites for hydroxylation is 1. The molecule has 0 spiro atoms. The van der Waals surface area contributed by atoms with Crippen LogP contribution in [0.15, 0.2) is 24.4 Å². The number of carbonyl (C=O) groups excluding carboxylic acids is 3. The molecule has 126 valence electrons. The summed E-state index contributed by atoms with van der Waals surface area (Å²) in [4.78, 5) is 41.0. The summed E-state index contributed by atoms with van der Waals surface area (Å²) in [7, 11) is 1.43. The minimum absolute atomic E-state index is 0.222. The van der Waals surface area contributed by atoms with Crippen LogP contribution in [0.3, 0.4) is 0 Å². The van der Waals surface area contributed by atoms with E-state index in [0.717, 1.165) is 21.9 Å². The van der Waals surface area contributed by atoms with E-state index in [0.29, 0.717) is 13.0 Å². The molecule has 1 aliphatic heterocycles. The minimum Gasteiger partial charge on any atom is -0.332 e. The summed E-state index contributed by atoms with van der Waals surface area (Å²) in [6, 6.07) is 4.57. The van der Waals surface area contributed by atoms with E-state index in [1.54, 1.807) is 0 Å². The quantitative estimate of drug-likeness (QED) is 0.806. The van der Waals surface area contributed by atoms with Crippen molar-refractivity contribution >= 4 is 23.5 Å². The van der Waals surface area contributed by atoms with Gasteiger partial charge >= 0.3 is 6.03 Å². The lowest BCUT2D eigenvalue weighted by atomic mass is 10.1. The van der Waals surface area contributed by atoms with Crippen molar-refractivity contribution in [2.75, 3.05) is 7.05 Å². The van der Waals surface area contributed by atoms with Gasteiger partial charge in [-0.1, -0.05) is 6.07 Å². The highest BCUT2D eigenvalue weighted by molar-refractivity contribution is 6.01. The molecule has 0 aliphatic carbocycles. The molecule has 2 aromatic rings. The van der Waals surface area contributed by atoms with Crippen LogP contribution in [0.25, 0.3) is 5.65 Å². The van der Waals surface area contributed by atoms with E-state index in [1.807, 2.05) is 35.7 Å². The number of imide groups is 1. The maximum Gasteiger partial charge on any atom is 0.315 e. The smallest absolute Gasteiger partial charge is 0.315 e. The molecule has 2 aromatic heterocycles. The van der Waals surface area contributed by atoms with Gasteiger partial charge in [0, 0.05) is 19.7 Å². The molecule has 0 radical (unpaired) electrons. The molecule has 3 rings (SSSR count). The lowest BCUT2D eigenvalue weighted by Crippen LogP contribution is -2.54. The van der Waals surface area contributed by atoms with Crippen LogP contribution in [0.4, 0.5) is 4.79 Å². The maximum absolute atomic E-state index is 12.1. The first-order valence-corrected chi connectivity index (χ1v) is 7.74. The molecule has 8 nitrogen and oxygen atoms in total. The van der Waals surface area contributed by atoms with E-state index in [-0.39, 0.29) is 18.2 Å². The van der Waals surface area contributed by atoms with E-state index in [4.69, 9.17) is 0 Å². The van der Waals surface area contributed by atoms with Gasteiger partial charge in [-0.05, 0) is 25.5 Å². The summed E-state index contributed by atoms with van der Waals surface area (Å²) >= 11 is 0. The topological polar surface area (TPSA) is 95.8 Å². The zero-order chi connectivity index (χ0) is 17.3. The summed E-state index contributed by atoms with van der Waals surface area (Å²) in [5.41, 5.74) is 2.53. The van der Waals surface area contributed by atoms with Gasteiger partial charge < -0.3 is 15.0 Å².